The van der Waals surface area contributed by atoms with E-state index in [1.54, 1.807) is 12.1 Å². The molecule has 0 fully saturated rings. The largest absolute Gasteiger partial charge is 0.392 e. The number of hydrogen-bond donors (Lipinski definition) is 1. The highest BCUT2D eigenvalue weighted by atomic mass is 32.2. The van der Waals surface area contributed by atoms with Crippen LogP contribution in [0.25, 0.3) is 0 Å². The van der Waals surface area contributed by atoms with Gasteiger partial charge < -0.3 is 5.11 Å². The number of rotatable bonds is 5. The minimum atomic E-state index is -3.49. The Kier molecular flexibility index (Phi) is 5.05. The average molecular weight is 323 g/mol. The SMILES string of the molecule is CN(C)S(=O)(=O)c1ccc(Sc2ccccc2)c(CO)c1. The monoisotopic (exact) mass is 323 g/mol. The molecule has 0 heterocycles. The van der Waals surface area contributed by atoms with E-state index in [9.17, 15) is 13.5 Å². The molecule has 6 heteroatoms. The van der Waals surface area contributed by atoms with Gasteiger partial charge in [0.25, 0.3) is 0 Å². The summed E-state index contributed by atoms with van der Waals surface area (Å²) in [6, 6.07) is 14.6. The molecule has 0 aliphatic heterocycles. The highest BCUT2D eigenvalue weighted by molar-refractivity contribution is 7.99. The standard InChI is InChI=1S/C15H17NO3S2/c1-16(2)21(18,19)14-8-9-15(12(10-14)11-17)20-13-6-4-3-5-7-13/h3-10,17H,11H2,1-2H3. The van der Waals surface area contributed by atoms with Crippen molar-refractivity contribution in [2.75, 3.05) is 14.1 Å². The van der Waals surface area contributed by atoms with Gasteiger partial charge in [0.2, 0.25) is 10.0 Å². The van der Waals surface area contributed by atoms with Crippen molar-refractivity contribution >= 4 is 21.8 Å². The van der Waals surface area contributed by atoms with Gasteiger partial charge in [-0.25, -0.2) is 12.7 Å². The summed E-state index contributed by atoms with van der Waals surface area (Å²) in [6.07, 6.45) is 0. The zero-order valence-electron chi connectivity index (χ0n) is 11.9. The van der Waals surface area contributed by atoms with Crippen LogP contribution in [0.15, 0.2) is 63.2 Å². The Morgan fingerprint density at radius 2 is 1.76 bits per heavy atom. The number of aliphatic hydroxyl groups excluding tert-OH is 1. The van der Waals surface area contributed by atoms with Crippen LogP contribution in [-0.4, -0.2) is 31.9 Å². The maximum atomic E-state index is 12.1. The molecule has 1 N–H and O–H groups in total. The van der Waals surface area contributed by atoms with E-state index in [2.05, 4.69) is 0 Å². The summed E-state index contributed by atoms with van der Waals surface area (Å²) in [5.41, 5.74) is 0.603. The molecule has 0 amide bonds. The molecular weight excluding hydrogens is 306 g/mol. The molecule has 0 bridgehead atoms. The second kappa shape index (κ2) is 6.62. The molecule has 0 spiro atoms. The molecule has 0 atom stereocenters. The predicted octanol–water partition coefficient (Wildman–Crippen LogP) is 2.58. The molecule has 0 saturated carbocycles. The van der Waals surface area contributed by atoms with Crippen LogP contribution in [0.1, 0.15) is 5.56 Å². The van der Waals surface area contributed by atoms with E-state index in [0.29, 0.717) is 5.56 Å². The lowest BCUT2D eigenvalue weighted by molar-refractivity contribution is 0.278. The summed E-state index contributed by atoms with van der Waals surface area (Å²) in [5, 5.41) is 9.50. The lowest BCUT2D eigenvalue weighted by Crippen LogP contribution is -2.22. The first-order chi connectivity index (χ1) is 9.95. The van der Waals surface area contributed by atoms with Crippen molar-refractivity contribution in [3.05, 3.63) is 54.1 Å². The van der Waals surface area contributed by atoms with Crippen LogP contribution in [0.3, 0.4) is 0 Å². The molecule has 2 aromatic rings. The fourth-order valence-electron chi connectivity index (χ4n) is 1.77. The first-order valence-corrected chi connectivity index (χ1v) is 8.60. The van der Waals surface area contributed by atoms with E-state index in [0.717, 1.165) is 14.1 Å². The lowest BCUT2D eigenvalue weighted by Gasteiger charge is -2.14. The number of benzene rings is 2. The van der Waals surface area contributed by atoms with E-state index in [1.807, 2.05) is 30.3 Å². The third-order valence-electron chi connectivity index (χ3n) is 2.95. The number of hydrogen-bond acceptors (Lipinski definition) is 4. The Balaban J connectivity index is 2.38. The van der Waals surface area contributed by atoms with Crippen molar-refractivity contribution in [1.82, 2.24) is 4.31 Å². The van der Waals surface area contributed by atoms with Gasteiger partial charge in [-0.1, -0.05) is 30.0 Å². The maximum absolute atomic E-state index is 12.1. The van der Waals surface area contributed by atoms with Crippen molar-refractivity contribution in [1.29, 1.82) is 0 Å². The highest BCUT2D eigenvalue weighted by Crippen LogP contribution is 2.32. The van der Waals surface area contributed by atoms with E-state index >= 15 is 0 Å². The fraction of sp³-hybridized carbons (Fsp3) is 0.200. The van der Waals surface area contributed by atoms with E-state index in [-0.39, 0.29) is 11.5 Å². The predicted molar refractivity (Wildman–Crippen MR) is 83.8 cm³/mol. The Hall–Kier alpha value is -1.34. The fourth-order valence-corrected chi connectivity index (χ4v) is 3.66. The van der Waals surface area contributed by atoms with Gasteiger partial charge >= 0.3 is 0 Å². The summed E-state index contributed by atoms with van der Waals surface area (Å²) in [4.78, 5) is 2.07. The Bertz CT molecular complexity index is 713. The van der Waals surface area contributed by atoms with Gasteiger partial charge in [0.05, 0.1) is 11.5 Å². The van der Waals surface area contributed by atoms with Crippen molar-refractivity contribution in [3.8, 4) is 0 Å². The molecule has 0 aromatic heterocycles. The van der Waals surface area contributed by atoms with Crippen molar-refractivity contribution in [2.24, 2.45) is 0 Å². The molecule has 0 saturated heterocycles. The number of aliphatic hydroxyl groups is 1. The summed E-state index contributed by atoms with van der Waals surface area (Å²) in [7, 11) is -0.513. The molecule has 0 aliphatic rings. The van der Waals surface area contributed by atoms with Gasteiger partial charge in [0, 0.05) is 23.9 Å². The summed E-state index contributed by atoms with van der Waals surface area (Å²) >= 11 is 1.50. The number of sulfonamides is 1. The highest BCUT2D eigenvalue weighted by Gasteiger charge is 2.18. The molecule has 2 rings (SSSR count). The second-order valence-corrected chi connectivity index (χ2v) is 7.90. The quantitative estimate of drug-likeness (QED) is 0.919. The zero-order valence-corrected chi connectivity index (χ0v) is 13.5. The van der Waals surface area contributed by atoms with Crippen LogP contribution in [0.5, 0.6) is 0 Å². The topological polar surface area (TPSA) is 57.6 Å². The van der Waals surface area contributed by atoms with Crippen LogP contribution in [0.2, 0.25) is 0 Å². The maximum Gasteiger partial charge on any atom is 0.242 e. The first-order valence-electron chi connectivity index (χ1n) is 6.34. The van der Waals surface area contributed by atoms with E-state index in [4.69, 9.17) is 0 Å². The molecule has 0 aliphatic carbocycles. The van der Waals surface area contributed by atoms with Gasteiger partial charge in [-0.3, -0.25) is 0 Å². The molecule has 4 nitrogen and oxygen atoms in total. The van der Waals surface area contributed by atoms with Crippen LogP contribution in [0, 0.1) is 0 Å². The minimum Gasteiger partial charge on any atom is -0.392 e. The molecule has 0 radical (unpaired) electrons. The third-order valence-corrected chi connectivity index (χ3v) is 5.89. The van der Waals surface area contributed by atoms with Gasteiger partial charge in [-0.05, 0) is 35.9 Å². The van der Waals surface area contributed by atoms with Gasteiger partial charge in [-0.2, -0.15) is 0 Å². The van der Waals surface area contributed by atoms with Crippen LogP contribution >= 0.6 is 11.8 Å². The average Bonchev–Trinajstić information content (AvgIpc) is 2.48. The molecule has 2 aromatic carbocycles. The van der Waals surface area contributed by atoms with E-state index in [1.165, 1.54) is 31.9 Å². The normalized spacial score (nSPS) is 11.8. The number of nitrogens with zero attached hydrogens (tertiary/aromatic N) is 1. The molecule has 0 unspecified atom stereocenters. The Labute approximate surface area is 129 Å². The Morgan fingerprint density at radius 1 is 1.10 bits per heavy atom. The van der Waals surface area contributed by atoms with Crippen LogP contribution in [-0.2, 0) is 16.6 Å². The van der Waals surface area contributed by atoms with Crippen molar-refractivity contribution in [2.45, 2.75) is 21.3 Å². The molecule has 112 valence electrons. The summed E-state index contributed by atoms with van der Waals surface area (Å²) in [5.74, 6) is 0. The van der Waals surface area contributed by atoms with E-state index < -0.39 is 10.0 Å². The third kappa shape index (κ3) is 3.65. The van der Waals surface area contributed by atoms with Crippen molar-refractivity contribution in [3.63, 3.8) is 0 Å². The van der Waals surface area contributed by atoms with Gasteiger partial charge in [0.1, 0.15) is 0 Å². The Morgan fingerprint density at radius 3 is 2.33 bits per heavy atom. The van der Waals surface area contributed by atoms with Gasteiger partial charge in [-0.15, -0.1) is 0 Å². The summed E-state index contributed by atoms with van der Waals surface area (Å²) in [6.45, 7) is -0.202. The smallest absolute Gasteiger partial charge is 0.242 e. The van der Waals surface area contributed by atoms with Gasteiger partial charge in [0.15, 0.2) is 0 Å². The first kappa shape index (κ1) is 16.0. The molecule has 21 heavy (non-hydrogen) atoms. The summed E-state index contributed by atoms with van der Waals surface area (Å²) < 4.78 is 25.4. The molecular formula is C15H17NO3S2. The van der Waals surface area contributed by atoms with Crippen molar-refractivity contribution < 1.29 is 13.5 Å². The zero-order chi connectivity index (χ0) is 15.5. The van der Waals surface area contributed by atoms with Crippen LogP contribution in [0.4, 0.5) is 0 Å². The minimum absolute atomic E-state index is 0.189. The lowest BCUT2D eigenvalue weighted by atomic mass is 10.2. The second-order valence-electron chi connectivity index (χ2n) is 4.63. The van der Waals surface area contributed by atoms with Crippen LogP contribution < -0.4 is 0 Å².